The first-order valence-corrected chi connectivity index (χ1v) is 10.1. The van der Waals surface area contributed by atoms with Crippen LogP contribution in [0.25, 0.3) is 0 Å². The Hall–Kier alpha value is -2.91. The third-order valence-electron chi connectivity index (χ3n) is 4.83. The van der Waals surface area contributed by atoms with Gasteiger partial charge in [-0.3, -0.25) is 4.79 Å². The maximum atomic E-state index is 14.0. The van der Waals surface area contributed by atoms with Crippen molar-refractivity contribution in [1.82, 2.24) is 14.4 Å². The highest BCUT2D eigenvalue weighted by molar-refractivity contribution is 5.92. The summed E-state index contributed by atoms with van der Waals surface area (Å²) >= 11 is 0. The van der Waals surface area contributed by atoms with Crippen LogP contribution in [-0.2, 0) is 27.9 Å². The number of halogens is 1. The van der Waals surface area contributed by atoms with Gasteiger partial charge in [-0.25, -0.2) is 9.18 Å². The number of hydrogen-bond donors (Lipinski definition) is 1. The van der Waals surface area contributed by atoms with Crippen LogP contribution >= 0.6 is 0 Å². The highest BCUT2D eigenvalue weighted by Crippen LogP contribution is 2.14. The highest BCUT2D eigenvalue weighted by atomic mass is 19.1. The van der Waals surface area contributed by atoms with Crippen LogP contribution in [0.5, 0.6) is 0 Å². The summed E-state index contributed by atoms with van der Waals surface area (Å²) in [4.78, 5) is 28.9. The lowest BCUT2D eigenvalue weighted by Crippen LogP contribution is -2.45. The Morgan fingerprint density at radius 1 is 1.03 bits per heavy atom. The molecule has 0 aliphatic rings. The molecule has 1 aromatic carbocycles. The molecule has 0 saturated heterocycles. The first kappa shape index (κ1) is 24.4. The van der Waals surface area contributed by atoms with Gasteiger partial charge in [0.1, 0.15) is 12.4 Å². The van der Waals surface area contributed by atoms with Gasteiger partial charge >= 0.3 is 6.03 Å². The second kappa shape index (κ2) is 12.7. The molecule has 8 nitrogen and oxygen atoms in total. The van der Waals surface area contributed by atoms with Crippen LogP contribution in [0.4, 0.5) is 14.9 Å². The monoisotopic (exact) mass is 434 g/mol. The van der Waals surface area contributed by atoms with E-state index < -0.39 is 11.8 Å². The lowest BCUT2D eigenvalue weighted by molar-refractivity contribution is -0.133. The first-order chi connectivity index (χ1) is 15.0. The van der Waals surface area contributed by atoms with Crippen molar-refractivity contribution in [3.63, 3.8) is 0 Å². The molecular formula is C22H31FN4O4. The van der Waals surface area contributed by atoms with Crippen molar-refractivity contribution in [2.45, 2.75) is 13.0 Å². The maximum absolute atomic E-state index is 14.0. The molecule has 0 saturated carbocycles. The number of ether oxygens (including phenoxy) is 2. The Bertz CT molecular complexity index is 842. The third kappa shape index (κ3) is 7.69. The summed E-state index contributed by atoms with van der Waals surface area (Å²) < 4.78 is 26.1. The quantitative estimate of drug-likeness (QED) is 0.521. The average Bonchev–Trinajstić information content (AvgIpc) is 3.16. The SMILES string of the molecule is COCCCN(CC(=O)N(CCOC)Cc1cccn1C)C(=O)Nc1ccccc1F. The van der Waals surface area contributed by atoms with Gasteiger partial charge in [-0.05, 0) is 30.7 Å². The third-order valence-corrected chi connectivity index (χ3v) is 4.83. The first-order valence-electron chi connectivity index (χ1n) is 10.1. The molecular weight excluding hydrogens is 403 g/mol. The fourth-order valence-electron chi connectivity index (χ4n) is 3.02. The number of hydrogen-bond acceptors (Lipinski definition) is 4. The Balaban J connectivity index is 2.11. The largest absolute Gasteiger partial charge is 0.385 e. The van der Waals surface area contributed by atoms with Gasteiger partial charge in [0.05, 0.1) is 18.8 Å². The van der Waals surface area contributed by atoms with Crippen LogP contribution in [0.3, 0.4) is 0 Å². The van der Waals surface area contributed by atoms with E-state index >= 15 is 0 Å². The predicted molar refractivity (Wildman–Crippen MR) is 116 cm³/mol. The van der Waals surface area contributed by atoms with Crippen molar-refractivity contribution in [2.24, 2.45) is 7.05 Å². The van der Waals surface area contributed by atoms with Gasteiger partial charge < -0.3 is 29.2 Å². The number of urea groups is 1. The molecule has 0 atom stereocenters. The van der Waals surface area contributed by atoms with Crippen LogP contribution in [0.2, 0.25) is 0 Å². The lowest BCUT2D eigenvalue weighted by Gasteiger charge is -2.28. The second-order valence-electron chi connectivity index (χ2n) is 7.10. The predicted octanol–water partition coefficient (Wildman–Crippen LogP) is 2.71. The Morgan fingerprint density at radius 2 is 1.77 bits per heavy atom. The summed E-state index contributed by atoms with van der Waals surface area (Å²) in [5.74, 6) is -0.760. The fourth-order valence-corrected chi connectivity index (χ4v) is 3.02. The Morgan fingerprint density at radius 3 is 2.42 bits per heavy atom. The molecule has 0 aliphatic carbocycles. The molecule has 0 aliphatic heterocycles. The normalized spacial score (nSPS) is 10.7. The van der Waals surface area contributed by atoms with Gasteiger partial charge in [0.25, 0.3) is 0 Å². The number of benzene rings is 1. The molecule has 0 spiro atoms. The minimum atomic E-state index is -0.542. The lowest BCUT2D eigenvalue weighted by atomic mass is 10.3. The molecule has 0 unspecified atom stereocenters. The van der Waals surface area contributed by atoms with Gasteiger partial charge in [0.2, 0.25) is 5.91 Å². The van der Waals surface area contributed by atoms with Crippen molar-refractivity contribution in [3.05, 3.63) is 54.1 Å². The van der Waals surface area contributed by atoms with E-state index in [4.69, 9.17) is 9.47 Å². The fraction of sp³-hybridized carbons (Fsp3) is 0.455. The molecule has 170 valence electrons. The average molecular weight is 435 g/mol. The van der Waals surface area contributed by atoms with Crippen LogP contribution < -0.4 is 5.32 Å². The molecule has 2 aromatic rings. The topological polar surface area (TPSA) is 76.0 Å². The number of nitrogens with one attached hydrogen (secondary N) is 1. The molecule has 3 amide bonds. The van der Waals surface area contributed by atoms with Crippen LogP contribution in [0.1, 0.15) is 12.1 Å². The molecule has 1 N–H and O–H groups in total. The minimum Gasteiger partial charge on any atom is -0.385 e. The van der Waals surface area contributed by atoms with Gasteiger partial charge in [0.15, 0.2) is 0 Å². The summed E-state index contributed by atoms with van der Waals surface area (Å²) in [6, 6.07) is 9.22. The number of para-hydroxylation sites is 1. The summed E-state index contributed by atoms with van der Waals surface area (Å²) in [6.45, 7) is 1.75. The number of aryl methyl sites for hydroxylation is 1. The van der Waals surface area contributed by atoms with E-state index in [1.165, 1.54) is 17.0 Å². The van der Waals surface area contributed by atoms with E-state index in [0.29, 0.717) is 39.3 Å². The van der Waals surface area contributed by atoms with E-state index in [1.807, 2.05) is 29.9 Å². The zero-order valence-electron chi connectivity index (χ0n) is 18.3. The van der Waals surface area contributed by atoms with E-state index in [-0.39, 0.29) is 18.1 Å². The van der Waals surface area contributed by atoms with E-state index in [2.05, 4.69) is 5.32 Å². The number of rotatable bonds is 12. The number of aromatic nitrogens is 1. The number of amides is 3. The summed E-state index contributed by atoms with van der Waals surface area (Å²) in [7, 11) is 5.05. The van der Waals surface area contributed by atoms with Crippen LogP contribution in [0.15, 0.2) is 42.6 Å². The molecule has 1 heterocycles. The minimum absolute atomic E-state index is 0.0664. The molecule has 1 aromatic heterocycles. The van der Waals surface area contributed by atoms with Crippen molar-refractivity contribution in [2.75, 3.05) is 52.4 Å². The highest BCUT2D eigenvalue weighted by Gasteiger charge is 2.22. The van der Waals surface area contributed by atoms with E-state index in [0.717, 1.165) is 5.69 Å². The van der Waals surface area contributed by atoms with Crippen LogP contribution in [0, 0.1) is 5.82 Å². The number of carbonyl (C=O) groups is 2. The van der Waals surface area contributed by atoms with E-state index in [9.17, 15) is 14.0 Å². The van der Waals surface area contributed by atoms with Crippen molar-refractivity contribution in [1.29, 1.82) is 0 Å². The molecule has 2 rings (SSSR count). The zero-order chi connectivity index (χ0) is 22.6. The smallest absolute Gasteiger partial charge is 0.322 e. The molecule has 0 radical (unpaired) electrons. The Labute approximate surface area is 182 Å². The molecule has 0 bridgehead atoms. The standard InChI is InChI=1S/C22H31FN4O4/c1-25-11-6-8-18(25)16-26(13-15-31-3)21(28)17-27(12-7-14-30-2)22(29)24-20-10-5-4-9-19(20)23/h4-6,8-11H,7,12-17H2,1-3H3,(H,24,29). The number of methoxy groups -OCH3 is 2. The van der Waals surface area contributed by atoms with Gasteiger partial charge in [0, 0.05) is 52.9 Å². The molecule has 31 heavy (non-hydrogen) atoms. The van der Waals surface area contributed by atoms with E-state index in [1.54, 1.807) is 31.3 Å². The maximum Gasteiger partial charge on any atom is 0.322 e. The van der Waals surface area contributed by atoms with Crippen molar-refractivity contribution < 1.29 is 23.5 Å². The number of carbonyl (C=O) groups excluding carboxylic acids is 2. The number of anilines is 1. The number of nitrogens with zero attached hydrogens (tertiary/aromatic N) is 3. The molecule has 0 fully saturated rings. The second-order valence-corrected chi connectivity index (χ2v) is 7.10. The zero-order valence-corrected chi connectivity index (χ0v) is 18.3. The van der Waals surface area contributed by atoms with Crippen LogP contribution in [-0.4, -0.2) is 73.4 Å². The van der Waals surface area contributed by atoms with Gasteiger partial charge in [-0.2, -0.15) is 0 Å². The molecule has 9 heteroatoms. The summed E-state index contributed by atoms with van der Waals surface area (Å²) in [5, 5.41) is 2.55. The summed E-state index contributed by atoms with van der Waals surface area (Å²) in [6.07, 6.45) is 2.46. The van der Waals surface area contributed by atoms with Crippen molar-refractivity contribution >= 4 is 17.6 Å². The van der Waals surface area contributed by atoms with Gasteiger partial charge in [-0.1, -0.05) is 12.1 Å². The van der Waals surface area contributed by atoms with Gasteiger partial charge in [-0.15, -0.1) is 0 Å². The summed E-state index contributed by atoms with van der Waals surface area (Å²) in [5.41, 5.74) is 1.03. The Kier molecular flexibility index (Phi) is 9.99. The van der Waals surface area contributed by atoms with Crippen molar-refractivity contribution in [3.8, 4) is 0 Å².